The van der Waals surface area contributed by atoms with E-state index in [1.165, 1.54) is 0 Å². The molecule has 2 saturated heterocycles. The van der Waals surface area contributed by atoms with Gasteiger partial charge in [0, 0.05) is 50.5 Å². The predicted molar refractivity (Wildman–Crippen MR) is 146 cm³/mol. The zero-order chi connectivity index (χ0) is 25.9. The van der Waals surface area contributed by atoms with Crippen LogP contribution >= 0.6 is 0 Å². The number of piperazine rings is 1. The summed E-state index contributed by atoms with van der Waals surface area (Å²) in [6.07, 6.45) is 0.149. The van der Waals surface area contributed by atoms with Gasteiger partial charge in [-0.15, -0.1) is 0 Å². The van der Waals surface area contributed by atoms with E-state index in [2.05, 4.69) is 28.4 Å². The zero-order valence-corrected chi connectivity index (χ0v) is 21.3. The Hall–Kier alpha value is -4.13. The quantitative estimate of drug-likeness (QED) is 0.573. The van der Waals surface area contributed by atoms with E-state index < -0.39 is 5.92 Å². The molecule has 190 valence electrons. The monoisotopic (exact) mass is 496 g/mol. The largest absolute Gasteiger partial charge is 0.368 e. The maximum Gasteiger partial charge on any atom is 0.256 e. The van der Waals surface area contributed by atoms with Gasteiger partial charge in [0.1, 0.15) is 0 Å². The molecule has 0 unspecified atom stereocenters. The standard InChI is InChI=1S/C30H32N4O3/c1-21-16-22(2)18-25(17-21)34-20-23(19-28(34)35)29(36)31-27-11-7-6-10-26(27)30(37)33-14-12-32(13-15-33)24-8-4-3-5-9-24/h3-11,16-18,23H,12-15,19-20H2,1-2H3,(H,31,36)/t23-/m0/s1. The first kappa shape index (κ1) is 24.6. The van der Waals surface area contributed by atoms with Gasteiger partial charge in [-0.1, -0.05) is 36.4 Å². The maximum absolute atomic E-state index is 13.4. The molecular formula is C30H32N4O3. The van der Waals surface area contributed by atoms with Gasteiger partial charge in [0.2, 0.25) is 11.8 Å². The molecule has 3 aromatic rings. The molecule has 0 spiro atoms. The van der Waals surface area contributed by atoms with Crippen LogP contribution in [0.3, 0.4) is 0 Å². The van der Waals surface area contributed by atoms with Crippen molar-refractivity contribution in [2.75, 3.05) is 47.8 Å². The molecule has 2 aliphatic rings. The third-order valence-electron chi connectivity index (χ3n) is 7.12. The Balaban J connectivity index is 1.24. The molecule has 7 heteroatoms. The number of amides is 3. The highest BCUT2D eigenvalue weighted by Gasteiger charge is 2.36. The molecule has 3 aromatic carbocycles. The number of nitrogens with zero attached hydrogens (tertiary/aromatic N) is 3. The summed E-state index contributed by atoms with van der Waals surface area (Å²) < 4.78 is 0. The third kappa shape index (κ3) is 5.35. The van der Waals surface area contributed by atoms with Crippen LogP contribution < -0.4 is 15.1 Å². The van der Waals surface area contributed by atoms with E-state index in [0.717, 1.165) is 35.6 Å². The van der Waals surface area contributed by atoms with Crippen molar-refractivity contribution in [1.29, 1.82) is 0 Å². The fourth-order valence-electron chi connectivity index (χ4n) is 5.23. The molecule has 0 radical (unpaired) electrons. The van der Waals surface area contributed by atoms with Gasteiger partial charge in [-0.05, 0) is 61.4 Å². The number of rotatable bonds is 5. The number of anilines is 3. The highest BCUT2D eigenvalue weighted by atomic mass is 16.2. The molecule has 2 aliphatic heterocycles. The first-order chi connectivity index (χ1) is 17.9. The van der Waals surface area contributed by atoms with Crippen molar-refractivity contribution in [2.24, 2.45) is 5.92 Å². The van der Waals surface area contributed by atoms with Gasteiger partial charge in [-0.25, -0.2) is 0 Å². The molecule has 0 aliphatic carbocycles. The first-order valence-corrected chi connectivity index (χ1v) is 12.8. The van der Waals surface area contributed by atoms with Gasteiger partial charge in [-0.3, -0.25) is 14.4 Å². The molecule has 1 atom stereocenters. The minimum Gasteiger partial charge on any atom is -0.368 e. The second-order valence-corrected chi connectivity index (χ2v) is 9.90. The van der Waals surface area contributed by atoms with Crippen molar-refractivity contribution < 1.29 is 14.4 Å². The van der Waals surface area contributed by atoms with E-state index in [4.69, 9.17) is 0 Å². The van der Waals surface area contributed by atoms with E-state index in [1.807, 2.05) is 55.1 Å². The number of para-hydroxylation sites is 2. The molecule has 1 N–H and O–H groups in total. The lowest BCUT2D eigenvalue weighted by atomic mass is 10.1. The van der Waals surface area contributed by atoms with E-state index in [9.17, 15) is 14.4 Å². The highest BCUT2D eigenvalue weighted by molar-refractivity contribution is 6.07. The normalized spacial score (nSPS) is 17.7. The molecule has 0 saturated carbocycles. The molecule has 3 amide bonds. The van der Waals surface area contributed by atoms with E-state index in [0.29, 0.717) is 30.9 Å². The van der Waals surface area contributed by atoms with Crippen molar-refractivity contribution in [3.63, 3.8) is 0 Å². The summed E-state index contributed by atoms with van der Waals surface area (Å²) in [5.74, 6) is -0.881. The Kier molecular flexibility index (Phi) is 6.95. The number of benzene rings is 3. The Morgan fingerprint density at radius 1 is 0.811 bits per heavy atom. The molecular weight excluding hydrogens is 464 g/mol. The number of aryl methyl sites for hydroxylation is 2. The molecule has 5 rings (SSSR count). The van der Waals surface area contributed by atoms with Crippen molar-refractivity contribution in [3.8, 4) is 0 Å². The van der Waals surface area contributed by atoms with Gasteiger partial charge in [0.25, 0.3) is 5.91 Å². The molecule has 37 heavy (non-hydrogen) atoms. The van der Waals surface area contributed by atoms with Crippen LogP contribution in [0.15, 0.2) is 72.8 Å². The lowest BCUT2D eigenvalue weighted by molar-refractivity contribution is -0.122. The number of carbonyl (C=O) groups excluding carboxylic acids is 3. The van der Waals surface area contributed by atoms with Crippen molar-refractivity contribution >= 4 is 34.8 Å². The topological polar surface area (TPSA) is 73.0 Å². The minimum atomic E-state index is -0.481. The zero-order valence-electron chi connectivity index (χ0n) is 21.3. The number of hydrogen-bond donors (Lipinski definition) is 1. The summed E-state index contributed by atoms with van der Waals surface area (Å²) in [7, 11) is 0. The van der Waals surface area contributed by atoms with Crippen LogP contribution in [0, 0.1) is 19.8 Å². The van der Waals surface area contributed by atoms with Crippen molar-refractivity contribution in [1.82, 2.24) is 4.90 Å². The first-order valence-electron chi connectivity index (χ1n) is 12.8. The summed E-state index contributed by atoms with van der Waals surface area (Å²) >= 11 is 0. The Bertz CT molecular complexity index is 1300. The lowest BCUT2D eigenvalue weighted by Crippen LogP contribution is -2.49. The molecule has 7 nitrogen and oxygen atoms in total. The maximum atomic E-state index is 13.4. The Morgan fingerprint density at radius 3 is 2.16 bits per heavy atom. The third-order valence-corrected chi connectivity index (χ3v) is 7.12. The lowest BCUT2D eigenvalue weighted by Gasteiger charge is -2.36. The van der Waals surface area contributed by atoms with Gasteiger partial charge in [-0.2, -0.15) is 0 Å². The van der Waals surface area contributed by atoms with Crippen LogP contribution in [0.5, 0.6) is 0 Å². The molecule has 2 heterocycles. The summed E-state index contributed by atoms with van der Waals surface area (Å²) in [6, 6.07) is 23.3. The summed E-state index contributed by atoms with van der Waals surface area (Å²) in [5, 5.41) is 2.95. The number of carbonyl (C=O) groups is 3. The molecule has 0 aromatic heterocycles. The molecule has 0 bridgehead atoms. The van der Waals surface area contributed by atoms with Gasteiger partial charge in [0.05, 0.1) is 17.2 Å². The van der Waals surface area contributed by atoms with E-state index in [-0.39, 0.29) is 24.1 Å². The van der Waals surface area contributed by atoms with Crippen LogP contribution in [-0.4, -0.2) is 55.3 Å². The van der Waals surface area contributed by atoms with Crippen molar-refractivity contribution in [3.05, 3.63) is 89.5 Å². The van der Waals surface area contributed by atoms with Crippen LogP contribution in [0.4, 0.5) is 17.1 Å². The van der Waals surface area contributed by atoms with Crippen LogP contribution in [-0.2, 0) is 9.59 Å². The summed E-state index contributed by atoms with van der Waals surface area (Å²) in [6.45, 7) is 7.04. The summed E-state index contributed by atoms with van der Waals surface area (Å²) in [4.78, 5) is 45.2. The second kappa shape index (κ2) is 10.5. The van der Waals surface area contributed by atoms with E-state index >= 15 is 0 Å². The number of nitrogens with one attached hydrogen (secondary N) is 1. The van der Waals surface area contributed by atoms with Crippen LogP contribution in [0.25, 0.3) is 0 Å². The second-order valence-electron chi connectivity index (χ2n) is 9.90. The minimum absolute atomic E-state index is 0.0641. The Morgan fingerprint density at radius 2 is 1.46 bits per heavy atom. The highest BCUT2D eigenvalue weighted by Crippen LogP contribution is 2.28. The molecule has 2 fully saturated rings. The number of hydrogen-bond acceptors (Lipinski definition) is 4. The fraction of sp³-hybridized carbons (Fsp3) is 0.300. The van der Waals surface area contributed by atoms with Crippen molar-refractivity contribution in [2.45, 2.75) is 20.3 Å². The summed E-state index contributed by atoms with van der Waals surface area (Å²) in [5.41, 5.74) is 5.09. The van der Waals surface area contributed by atoms with Crippen LogP contribution in [0.1, 0.15) is 27.9 Å². The average Bonchev–Trinajstić information content (AvgIpc) is 3.30. The van der Waals surface area contributed by atoms with Gasteiger partial charge < -0.3 is 20.0 Å². The fourth-order valence-corrected chi connectivity index (χ4v) is 5.23. The Labute approximate surface area is 217 Å². The van der Waals surface area contributed by atoms with Gasteiger partial charge in [0.15, 0.2) is 0 Å². The smallest absolute Gasteiger partial charge is 0.256 e. The van der Waals surface area contributed by atoms with E-state index in [1.54, 1.807) is 23.1 Å². The predicted octanol–water partition coefficient (Wildman–Crippen LogP) is 4.26. The van der Waals surface area contributed by atoms with Gasteiger partial charge >= 0.3 is 0 Å². The average molecular weight is 497 g/mol. The van der Waals surface area contributed by atoms with Crippen LogP contribution in [0.2, 0.25) is 0 Å². The SMILES string of the molecule is Cc1cc(C)cc(N2C[C@@H](C(=O)Nc3ccccc3C(=O)N3CCN(c4ccccc4)CC3)CC2=O)c1.